The summed E-state index contributed by atoms with van der Waals surface area (Å²) in [6.07, 6.45) is -1.07. The molecule has 4 N–H and O–H groups in total. The van der Waals surface area contributed by atoms with Gasteiger partial charge in [0.1, 0.15) is 6.17 Å². The summed E-state index contributed by atoms with van der Waals surface area (Å²) in [6.45, 7) is 5.16. The molecule has 1 rings (SSSR count). The number of hydrogen-bond acceptors (Lipinski definition) is 3. The fraction of sp³-hybridized carbons (Fsp3) is 0.400. The molecule has 0 saturated heterocycles. The number of thiocarbonyl (C=S) groups is 1. The predicted octanol–water partition coefficient (Wildman–Crippen LogP) is 3.53. The quantitative estimate of drug-likeness (QED) is 0.334. The minimum atomic E-state index is -1.85. The van der Waals surface area contributed by atoms with Gasteiger partial charge >= 0.3 is 5.97 Å². The number of anilines is 1. The van der Waals surface area contributed by atoms with Crippen LogP contribution >= 0.6 is 47.0 Å². The molecule has 0 heterocycles. The van der Waals surface area contributed by atoms with Crippen molar-refractivity contribution in [1.82, 2.24) is 10.6 Å². The third-order valence-electron chi connectivity index (χ3n) is 2.95. The van der Waals surface area contributed by atoms with Crippen molar-refractivity contribution in [3.05, 3.63) is 29.8 Å². The minimum Gasteiger partial charge on any atom is -0.478 e. The summed E-state index contributed by atoms with van der Waals surface area (Å²) in [5, 5.41) is 17.1. The molecule has 1 aromatic rings. The van der Waals surface area contributed by atoms with Gasteiger partial charge in [-0.3, -0.25) is 4.79 Å². The Morgan fingerprint density at radius 2 is 1.60 bits per heavy atom. The van der Waals surface area contributed by atoms with Crippen LogP contribution in [0.3, 0.4) is 0 Å². The standard InChI is InChI=1S/C15H18Cl3N3O3S/c1-14(2,3)12(24)20-11(15(16,17)18)21-13(25)19-9-6-4-8(5-7-9)10(22)23/h4-7,11H,1-3H3,(H,20,24)(H,22,23)(H2,19,21,25)/t11-/m0/s1. The molecule has 0 bridgehead atoms. The number of carboxylic acids is 1. The number of amides is 1. The zero-order chi connectivity index (χ0) is 19.4. The molecule has 0 aromatic heterocycles. The number of aromatic carboxylic acids is 1. The molecule has 0 aliphatic heterocycles. The monoisotopic (exact) mass is 425 g/mol. The number of halogens is 3. The van der Waals surface area contributed by atoms with Crippen molar-refractivity contribution < 1.29 is 14.7 Å². The summed E-state index contributed by atoms with van der Waals surface area (Å²) >= 11 is 22.8. The maximum Gasteiger partial charge on any atom is 0.335 e. The number of carboxylic acid groups (broad SMARTS) is 1. The van der Waals surface area contributed by atoms with E-state index >= 15 is 0 Å². The fourth-order valence-electron chi connectivity index (χ4n) is 1.54. The van der Waals surface area contributed by atoms with Crippen LogP contribution in [0.2, 0.25) is 0 Å². The first kappa shape index (κ1) is 21.8. The van der Waals surface area contributed by atoms with Gasteiger partial charge in [0.05, 0.1) is 5.56 Å². The van der Waals surface area contributed by atoms with Crippen molar-refractivity contribution in [3.63, 3.8) is 0 Å². The van der Waals surface area contributed by atoms with E-state index in [4.69, 9.17) is 52.1 Å². The van der Waals surface area contributed by atoms with Crippen molar-refractivity contribution >= 4 is 69.7 Å². The number of carbonyl (C=O) groups excluding carboxylic acids is 1. The summed E-state index contributed by atoms with van der Waals surface area (Å²) in [4.78, 5) is 22.9. The van der Waals surface area contributed by atoms with E-state index in [0.29, 0.717) is 5.69 Å². The highest BCUT2D eigenvalue weighted by molar-refractivity contribution is 7.80. The molecule has 0 fully saturated rings. The molecule has 1 aromatic carbocycles. The average Bonchev–Trinajstić information content (AvgIpc) is 2.44. The van der Waals surface area contributed by atoms with E-state index in [0.717, 1.165) is 0 Å². The second-order valence-electron chi connectivity index (χ2n) is 6.18. The van der Waals surface area contributed by atoms with Gasteiger partial charge in [0.15, 0.2) is 5.11 Å². The zero-order valence-electron chi connectivity index (χ0n) is 13.7. The number of hydrogen-bond donors (Lipinski definition) is 4. The Kier molecular flexibility index (Phi) is 7.31. The lowest BCUT2D eigenvalue weighted by Gasteiger charge is -2.30. The Hall–Kier alpha value is -1.28. The maximum atomic E-state index is 12.1. The Bertz CT molecular complexity index is 655. The fourth-order valence-corrected chi connectivity index (χ4v) is 2.10. The Morgan fingerprint density at radius 1 is 1.08 bits per heavy atom. The zero-order valence-corrected chi connectivity index (χ0v) is 16.8. The van der Waals surface area contributed by atoms with Gasteiger partial charge in [-0.05, 0) is 36.5 Å². The molecule has 0 aliphatic rings. The molecule has 0 unspecified atom stereocenters. The smallest absolute Gasteiger partial charge is 0.335 e. The topological polar surface area (TPSA) is 90.5 Å². The van der Waals surface area contributed by atoms with Crippen LogP contribution in [-0.4, -0.2) is 32.1 Å². The van der Waals surface area contributed by atoms with Crippen molar-refractivity contribution in [1.29, 1.82) is 0 Å². The summed E-state index contributed by atoms with van der Waals surface area (Å²) in [7, 11) is 0. The van der Waals surface area contributed by atoms with E-state index in [1.807, 2.05) is 0 Å². The first-order chi connectivity index (χ1) is 11.3. The molecule has 0 aliphatic carbocycles. The molecule has 25 heavy (non-hydrogen) atoms. The van der Waals surface area contributed by atoms with E-state index in [1.54, 1.807) is 20.8 Å². The molecular formula is C15H18Cl3N3O3S. The molecule has 0 radical (unpaired) electrons. The minimum absolute atomic E-state index is 0.0913. The van der Waals surface area contributed by atoms with Gasteiger partial charge in [-0.2, -0.15) is 0 Å². The molecule has 6 nitrogen and oxygen atoms in total. The molecule has 0 spiro atoms. The first-order valence-corrected chi connectivity index (χ1v) is 8.63. The first-order valence-electron chi connectivity index (χ1n) is 7.09. The van der Waals surface area contributed by atoms with Gasteiger partial charge in [-0.25, -0.2) is 4.79 Å². The highest BCUT2D eigenvalue weighted by atomic mass is 35.6. The van der Waals surface area contributed by atoms with Gasteiger partial charge in [-0.1, -0.05) is 55.6 Å². The van der Waals surface area contributed by atoms with Crippen LogP contribution in [0.5, 0.6) is 0 Å². The van der Waals surface area contributed by atoms with Crippen LogP contribution < -0.4 is 16.0 Å². The van der Waals surface area contributed by atoms with E-state index < -0.39 is 21.3 Å². The summed E-state index contributed by atoms with van der Waals surface area (Å²) in [5.74, 6) is -1.36. The summed E-state index contributed by atoms with van der Waals surface area (Å²) in [5.41, 5.74) is -0.00821. The Morgan fingerprint density at radius 3 is 2.00 bits per heavy atom. The SMILES string of the molecule is CC(C)(C)C(=O)N[C@@H](NC(=S)Nc1ccc(C(=O)O)cc1)C(Cl)(Cl)Cl. The number of nitrogens with one attached hydrogen (secondary N) is 3. The van der Waals surface area contributed by atoms with Crippen molar-refractivity contribution in [2.45, 2.75) is 30.7 Å². The van der Waals surface area contributed by atoms with Gasteiger partial charge < -0.3 is 21.1 Å². The number of alkyl halides is 3. The second-order valence-corrected chi connectivity index (χ2v) is 8.96. The van der Waals surface area contributed by atoms with Crippen LogP contribution in [-0.2, 0) is 4.79 Å². The van der Waals surface area contributed by atoms with E-state index in [9.17, 15) is 9.59 Å². The number of carbonyl (C=O) groups is 2. The van der Waals surface area contributed by atoms with Crippen molar-refractivity contribution in [3.8, 4) is 0 Å². The summed E-state index contributed by atoms with van der Waals surface area (Å²) in [6, 6.07) is 5.91. The number of rotatable bonds is 4. The molecule has 0 saturated carbocycles. The summed E-state index contributed by atoms with van der Waals surface area (Å²) < 4.78 is -1.85. The average molecular weight is 427 g/mol. The van der Waals surface area contributed by atoms with Crippen LogP contribution in [0.25, 0.3) is 0 Å². The van der Waals surface area contributed by atoms with Gasteiger partial charge in [0.25, 0.3) is 0 Å². The largest absolute Gasteiger partial charge is 0.478 e. The predicted molar refractivity (Wildman–Crippen MR) is 104 cm³/mol. The van der Waals surface area contributed by atoms with Gasteiger partial charge in [0.2, 0.25) is 9.70 Å². The molecule has 10 heteroatoms. The van der Waals surface area contributed by atoms with Crippen LogP contribution in [0.15, 0.2) is 24.3 Å². The molecule has 138 valence electrons. The van der Waals surface area contributed by atoms with Gasteiger partial charge in [-0.15, -0.1) is 0 Å². The van der Waals surface area contributed by atoms with Crippen molar-refractivity contribution in [2.24, 2.45) is 5.41 Å². The number of benzene rings is 1. The van der Waals surface area contributed by atoms with Gasteiger partial charge in [0, 0.05) is 11.1 Å². The normalized spacial score (nSPS) is 12.9. The van der Waals surface area contributed by atoms with E-state index in [1.165, 1.54) is 24.3 Å². The van der Waals surface area contributed by atoms with Crippen LogP contribution in [0, 0.1) is 5.41 Å². The maximum absolute atomic E-state index is 12.1. The molecule has 1 atom stereocenters. The Balaban J connectivity index is 2.78. The highest BCUT2D eigenvalue weighted by Crippen LogP contribution is 2.30. The third-order valence-corrected chi connectivity index (χ3v) is 3.82. The van der Waals surface area contributed by atoms with Crippen LogP contribution in [0.1, 0.15) is 31.1 Å². The Labute approximate surface area is 166 Å². The lowest BCUT2D eigenvalue weighted by atomic mass is 9.95. The lowest BCUT2D eigenvalue weighted by Crippen LogP contribution is -2.58. The molecule has 1 amide bonds. The van der Waals surface area contributed by atoms with Crippen LogP contribution in [0.4, 0.5) is 5.69 Å². The lowest BCUT2D eigenvalue weighted by molar-refractivity contribution is -0.129. The van der Waals surface area contributed by atoms with E-state index in [-0.39, 0.29) is 16.6 Å². The third kappa shape index (κ3) is 7.23. The second kappa shape index (κ2) is 8.40. The molecular weight excluding hydrogens is 409 g/mol. The van der Waals surface area contributed by atoms with E-state index in [2.05, 4.69) is 16.0 Å². The van der Waals surface area contributed by atoms with Crippen molar-refractivity contribution in [2.75, 3.05) is 5.32 Å². The highest BCUT2D eigenvalue weighted by Gasteiger charge is 2.36.